The summed E-state index contributed by atoms with van der Waals surface area (Å²) in [6.07, 6.45) is 5.15. The molecule has 0 aromatic carbocycles. The fourth-order valence-corrected chi connectivity index (χ4v) is 2.27. The normalized spacial score (nSPS) is 30.3. The Morgan fingerprint density at radius 3 is 2.62 bits per heavy atom. The molecular weight excluding hydrogens is 164 g/mol. The second-order valence-corrected chi connectivity index (χ2v) is 4.44. The first kappa shape index (κ1) is 9.00. The Hall–Kier alpha value is -0.570. The number of rotatable bonds is 3. The van der Waals surface area contributed by atoms with E-state index in [9.17, 15) is 4.79 Å². The monoisotopic (exact) mass is 182 g/mol. The summed E-state index contributed by atoms with van der Waals surface area (Å²) in [6, 6.07) is 0. The Morgan fingerprint density at radius 2 is 2.15 bits per heavy atom. The van der Waals surface area contributed by atoms with E-state index in [2.05, 4.69) is 4.90 Å². The second kappa shape index (κ2) is 3.66. The molecule has 1 aliphatic carbocycles. The average molecular weight is 182 g/mol. The number of primary amides is 1. The topological polar surface area (TPSA) is 46.3 Å². The molecule has 0 radical (unpaired) electrons. The number of amides is 1. The van der Waals surface area contributed by atoms with E-state index < -0.39 is 0 Å². The van der Waals surface area contributed by atoms with E-state index >= 15 is 0 Å². The van der Waals surface area contributed by atoms with Gasteiger partial charge in [-0.25, -0.2) is 0 Å². The zero-order chi connectivity index (χ0) is 9.26. The van der Waals surface area contributed by atoms with Crippen molar-refractivity contribution in [1.29, 1.82) is 0 Å². The van der Waals surface area contributed by atoms with Crippen LogP contribution in [0.4, 0.5) is 0 Å². The Bertz CT molecular complexity index is 201. The van der Waals surface area contributed by atoms with Crippen molar-refractivity contribution in [2.75, 3.05) is 19.6 Å². The lowest BCUT2D eigenvalue weighted by Crippen LogP contribution is -2.32. The number of carbonyl (C=O) groups is 1. The molecule has 74 valence electrons. The van der Waals surface area contributed by atoms with E-state index in [1.165, 1.54) is 25.8 Å². The van der Waals surface area contributed by atoms with Gasteiger partial charge in [0.25, 0.3) is 0 Å². The summed E-state index contributed by atoms with van der Waals surface area (Å²) in [4.78, 5) is 13.3. The number of hydrogen-bond acceptors (Lipinski definition) is 2. The number of hydrogen-bond donors (Lipinski definition) is 1. The summed E-state index contributed by atoms with van der Waals surface area (Å²) in [6.45, 7) is 3.18. The van der Waals surface area contributed by atoms with Crippen molar-refractivity contribution in [3.05, 3.63) is 0 Å². The van der Waals surface area contributed by atoms with E-state index in [-0.39, 0.29) is 11.8 Å². The van der Waals surface area contributed by atoms with Crippen molar-refractivity contribution in [1.82, 2.24) is 4.90 Å². The standard InChI is InChI=1S/C10H18N2O/c11-10(13)9-4-5-12(7-9)6-8-2-1-3-8/h8-9H,1-7H2,(H2,11,13). The van der Waals surface area contributed by atoms with Crippen LogP contribution in [0.2, 0.25) is 0 Å². The molecule has 1 saturated heterocycles. The molecule has 0 aromatic rings. The number of likely N-dealkylation sites (tertiary alicyclic amines) is 1. The lowest BCUT2D eigenvalue weighted by molar-refractivity contribution is -0.121. The molecule has 0 bridgehead atoms. The molecule has 3 nitrogen and oxygen atoms in total. The first-order chi connectivity index (χ1) is 6.25. The van der Waals surface area contributed by atoms with Crippen molar-refractivity contribution < 1.29 is 4.79 Å². The van der Waals surface area contributed by atoms with Gasteiger partial charge in [0.05, 0.1) is 5.92 Å². The molecule has 0 aromatic heterocycles. The van der Waals surface area contributed by atoms with Crippen LogP contribution in [-0.2, 0) is 4.79 Å². The predicted molar refractivity (Wildman–Crippen MR) is 51.1 cm³/mol. The molecule has 1 amide bonds. The van der Waals surface area contributed by atoms with Crippen molar-refractivity contribution in [2.24, 2.45) is 17.6 Å². The fourth-order valence-electron chi connectivity index (χ4n) is 2.27. The van der Waals surface area contributed by atoms with E-state index in [1.807, 2.05) is 0 Å². The van der Waals surface area contributed by atoms with Gasteiger partial charge >= 0.3 is 0 Å². The first-order valence-electron chi connectivity index (χ1n) is 5.27. The number of nitrogens with two attached hydrogens (primary N) is 1. The highest BCUT2D eigenvalue weighted by atomic mass is 16.1. The highest BCUT2D eigenvalue weighted by Gasteiger charge is 2.29. The highest BCUT2D eigenvalue weighted by Crippen LogP contribution is 2.28. The van der Waals surface area contributed by atoms with Gasteiger partial charge in [-0.3, -0.25) is 4.79 Å². The van der Waals surface area contributed by atoms with Gasteiger partial charge in [-0.2, -0.15) is 0 Å². The molecular formula is C10H18N2O. The van der Waals surface area contributed by atoms with E-state index in [0.717, 1.165) is 25.4 Å². The minimum absolute atomic E-state index is 0.115. The maximum atomic E-state index is 10.9. The molecule has 0 spiro atoms. The van der Waals surface area contributed by atoms with Crippen molar-refractivity contribution in [3.8, 4) is 0 Å². The van der Waals surface area contributed by atoms with E-state index in [0.29, 0.717) is 0 Å². The summed E-state index contributed by atoms with van der Waals surface area (Å²) in [5.41, 5.74) is 5.27. The van der Waals surface area contributed by atoms with Crippen LogP contribution < -0.4 is 5.73 Å². The maximum absolute atomic E-state index is 10.9. The lowest BCUT2D eigenvalue weighted by atomic mass is 9.85. The summed E-state index contributed by atoms with van der Waals surface area (Å²) in [5.74, 6) is 0.919. The molecule has 2 aliphatic rings. The van der Waals surface area contributed by atoms with Crippen LogP contribution in [0.15, 0.2) is 0 Å². The van der Waals surface area contributed by atoms with Crippen molar-refractivity contribution in [2.45, 2.75) is 25.7 Å². The van der Waals surface area contributed by atoms with Gasteiger partial charge < -0.3 is 10.6 Å². The minimum atomic E-state index is -0.115. The molecule has 2 N–H and O–H groups in total. The molecule has 1 saturated carbocycles. The first-order valence-corrected chi connectivity index (χ1v) is 5.27. The van der Waals surface area contributed by atoms with Crippen LogP contribution in [0.5, 0.6) is 0 Å². The summed E-state index contributed by atoms with van der Waals surface area (Å²) < 4.78 is 0. The summed E-state index contributed by atoms with van der Waals surface area (Å²) >= 11 is 0. The largest absolute Gasteiger partial charge is 0.369 e. The molecule has 1 unspecified atom stereocenters. The number of nitrogens with zero attached hydrogens (tertiary/aromatic N) is 1. The molecule has 1 aliphatic heterocycles. The quantitative estimate of drug-likeness (QED) is 0.694. The van der Waals surface area contributed by atoms with E-state index in [1.54, 1.807) is 0 Å². The molecule has 3 heteroatoms. The van der Waals surface area contributed by atoms with Crippen LogP contribution >= 0.6 is 0 Å². The molecule has 13 heavy (non-hydrogen) atoms. The van der Waals surface area contributed by atoms with Gasteiger partial charge in [-0.15, -0.1) is 0 Å². The van der Waals surface area contributed by atoms with Crippen LogP contribution in [0.1, 0.15) is 25.7 Å². The summed E-state index contributed by atoms with van der Waals surface area (Å²) in [7, 11) is 0. The molecule has 2 rings (SSSR count). The Kier molecular flexibility index (Phi) is 2.54. The maximum Gasteiger partial charge on any atom is 0.221 e. The van der Waals surface area contributed by atoms with Crippen LogP contribution in [0.25, 0.3) is 0 Å². The van der Waals surface area contributed by atoms with Crippen molar-refractivity contribution in [3.63, 3.8) is 0 Å². The van der Waals surface area contributed by atoms with Gasteiger partial charge in [-0.05, 0) is 31.7 Å². The smallest absolute Gasteiger partial charge is 0.221 e. The van der Waals surface area contributed by atoms with Gasteiger partial charge in [0.1, 0.15) is 0 Å². The average Bonchev–Trinajstić information content (AvgIpc) is 2.44. The third-order valence-electron chi connectivity index (χ3n) is 3.42. The fraction of sp³-hybridized carbons (Fsp3) is 0.900. The van der Waals surface area contributed by atoms with Gasteiger partial charge in [0.15, 0.2) is 0 Å². The van der Waals surface area contributed by atoms with Crippen LogP contribution in [-0.4, -0.2) is 30.4 Å². The Morgan fingerprint density at radius 1 is 1.38 bits per heavy atom. The zero-order valence-corrected chi connectivity index (χ0v) is 8.04. The Balaban J connectivity index is 1.74. The molecule has 1 heterocycles. The third-order valence-corrected chi connectivity index (χ3v) is 3.42. The third kappa shape index (κ3) is 2.02. The predicted octanol–water partition coefficient (Wildman–Crippen LogP) is 0.594. The molecule has 1 atom stereocenters. The SMILES string of the molecule is NC(=O)C1CCN(CC2CCC2)C1. The summed E-state index contributed by atoms with van der Waals surface area (Å²) in [5, 5.41) is 0. The van der Waals surface area contributed by atoms with Crippen molar-refractivity contribution >= 4 is 5.91 Å². The highest BCUT2D eigenvalue weighted by molar-refractivity contribution is 5.77. The molecule has 2 fully saturated rings. The van der Waals surface area contributed by atoms with Crippen LogP contribution in [0.3, 0.4) is 0 Å². The Labute approximate surface area is 79.3 Å². The van der Waals surface area contributed by atoms with Gasteiger partial charge in [-0.1, -0.05) is 6.42 Å². The minimum Gasteiger partial charge on any atom is -0.369 e. The van der Waals surface area contributed by atoms with Crippen LogP contribution in [0, 0.1) is 11.8 Å². The second-order valence-electron chi connectivity index (χ2n) is 4.44. The lowest BCUT2D eigenvalue weighted by Gasteiger charge is -2.29. The van der Waals surface area contributed by atoms with Gasteiger partial charge in [0, 0.05) is 13.1 Å². The van der Waals surface area contributed by atoms with Gasteiger partial charge in [0.2, 0.25) is 5.91 Å². The number of carbonyl (C=O) groups excluding carboxylic acids is 1. The van der Waals surface area contributed by atoms with E-state index in [4.69, 9.17) is 5.73 Å². The zero-order valence-electron chi connectivity index (χ0n) is 8.04.